The van der Waals surface area contributed by atoms with E-state index >= 15 is 4.39 Å². The van der Waals surface area contributed by atoms with Crippen LogP contribution in [0.1, 0.15) is 118 Å². The molecule has 4 atom stereocenters. The number of benzene rings is 2. The van der Waals surface area contributed by atoms with Gasteiger partial charge in [0.05, 0.1) is 46.4 Å². The number of nitrogens with one attached hydrogen (secondary N) is 4. The Hall–Kier alpha value is -6.82. The van der Waals surface area contributed by atoms with Gasteiger partial charge in [-0.05, 0) is 59.6 Å². The fourth-order valence-electron chi connectivity index (χ4n) is 10.6. The third kappa shape index (κ3) is 15.0. The number of pyridine rings is 2. The van der Waals surface area contributed by atoms with Crippen LogP contribution in [0.2, 0.25) is 0 Å². The lowest BCUT2D eigenvalue weighted by atomic mass is 9.85. The number of thiazole rings is 1. The van der Waals surface area contributed by atoms with Crippen molar-refractivity contribution in [1.29, 1.82) is 0 Å². The fraction of sp³-hybridized carbons (Fsp3) is 0.456. The number of likely N-dealkylation sites (tertiary alicyclic amines) is 1. The average molecular weight is 1190 g/mol. The smallest absolute Gasteiger partial charge is 0.356 e. The maximum atomic E-state index is 15.6. The lowest BCUT2D eigenvalue weighted by Gasteiger charge is -2.35. The highest BCUT2D eigenvalue weighted by Gasteiger charge is 2.45. The fourth-order valence-corrected chi connectivity index (χ4v) is 12.3. The van der Waals surface area contributed by atoms with Gasteiger partial charge in [-0.25, -0.2) is 27.2 Å². The molecule has 5 N–H and O–H groups in total. The monoisotopic (exact) mass is 1190 g/mol. The minimum atomic E-state index is -3.68. The Labute approximate surface area is 479 Å². The summed E-state index contributed by atoms with van der Waals surface area (Å²) in [6, 6.07) is 9.62. The highest BCUT2D eigenvalue weighted by atomic mass is 32.2. The minimum Gasteiger partial charge on any atom is -0.356 e. The summed E-state index contributed by atoms with van der Waals surface area (Å²) in [5, 5.41) is 9.37. The van der Waals surface area contributed by atoms with Gasteiger partial charge in [0.25, 0.3) is 11.5 Å². The van der Waals surface area contributed by atoms with E-state index in [0.717, 1.165) is 72.7 Å². The number of anilines is 2. The van der Waals surface area contributed by atoms with E-state index in [9.17, 15) is 41.3 Å². The molecule has 0 aliphatic carbocycles. The molecular weight excluding hydrogens is 1120 g/mol. The van der Waals surface area contributed by atoms with Gasteiger partial charge >= 0.3 is 8.25 Å². The zero-order valence-corrected chi connectivity index (χ0v) is 49.2. The summed E-state index contributed by atoms with van der Waals surface area (Å²) in [5.41, 5.74) is 5.96. The van der Waals surface area contributed by atoms with E-state index in [1.807, 2.05) is 52.0 Å². The molecular formula is C57H69F2N9O11PS2+. The number of hydrogen-bond acceptors (Lipinski definition) is 14. The van der Waals surface area contributed by atoms with E-state index in [1.165, 1.54) is 20.4 Å². The van der Waals surface area contributed by atoms with Crippen molar-refractivity contribution in [3.8, 4) is 21.6 Å². The summed E-state index contributed by atoms with van der Waals surface area (Å²) in [7, 11) is -5.03. The molecule has 0 saturated carbocycles. The van der Waals surface area contributed by atoms with Gasteiger partial charge in [0.15, 0.2) is 21.5 Å². The molecule has 8 rings (SSSR count). The number of nitrogens with zero attached hydrogens (tertiary/aromatic N) is 5. The Morgan fingerprint density at radius 2 is 1.68 bits per heavy atom. The Kier molecular flexibility index (Phi) is 19.9. The summed E-state index contributed by atoms with van der Waals surface area (Å²) in [4.78, 5) is 93.4. The number of aryl methyl sites for hydroxylation is 2. The Balaban J connectivity index is 0.810. The third-order valence-electron chi connectivity index (χ3n) is 14.7. The first-order valence-electron chi connectivity index (χ1n) is 27.2. The summed E-state index contributed by atoms with van der Waals surface area (Å²) >= 11 is 1.54. The molecule has 2 aliphatic heterocycles. The van der Waals surface area contributed by atoms with Crippen LogP contribution >= 0.6 is 19.6 Å². The normalized spacial score (nSPS) is 15.7. The standard InChI is InChI=1S/C57H68F2N9O11PS2/c1-34-50(81-32-64-34)36-18-16-35(17-19-36)25-63-54(71)46-23-40(78-33-79-80(74)75)29-68(46)56(73)51(57(2,3)4)65-47(69)15-13-11-9-7-8-10-12-14-20-60-53(70)41-24-45-42(21-37(41)31-82(6,76)77)43-30-66(5)55(72)49-48(43)38(26-61-49)28-67(45)52-44(59)22-39(58)27-62-52/h16-19,21-22,24,26-27,30,32,40,46,51H,7-15,20,23,25,28-29,31,33H2,1-6H3,(H4-,60,61,63,65,69,70,71,72,74,75)/p+1/t40-,46+,51-/m1/s1. The van der Waals surface area contributed by atoms with Gasteiger partial charge in [-0.2, -0.15) is 0 Å². The third-order valence-corrected chi connectivity index (χ3v) is 16.8. The van der Waals surface area contributed by atoms with E-state index in [0.29, 0.717) is 53.2 Å². The molecule has 82 heavy (non-hydrogen) atoms. The summed E-state index contributed by atoms with van der Waals surface area (Å²) in [6.45, 7) is 7.40. The van der Waals surface area contributed by atoms with Crippen molar-refractivity contribution < 1.29 is 55.1 Å². The summed E-state index contributed by atoms with van der Waals surface area (Å²) < 4.78 is 78.3. The molecule has 6 heterocycles. The number of H-pyrrole nitrogens is 1. The van der Waals surface area contributed by atoms with Gasteiger partial charge in [0, 0.05) is 90.9 Å². The van der Waals surface area contributed by atoms with Gasteiger partial charge in [-0.1, -0.05) is 88.1 Å². The molecule has 4 amide bonds. The Morgan fingerprint density at radius 3 is 2.34 bits per heavy atom. The molecule has 6 aromatic rings. The molecule has 1 saturated heterocycles. The molecule has 2 aromatic carbocycles. The summed E-state index contributed by atoms with van der Waals surface area (Å²) in [6.07, 6.45) is 11.1. The van der Waals surface area contributed by atoms with Gasteiger partial charge < -0.3 is 40.0 Å². The molecule has 0 spiro atoms. The number of aromatic nitrogens is 4. The molecule has 4 aromatic heterocycles. The lowest BCUT2D eigenvalue weighted by molar-refractivity contribution is -0.144. The predicted molar refractivity (Wildman–Crippen MR) is 308 cm³/mol. The Morgan fingerprint density at radius 1 is 0.976 bits per heavy atom. The topological polar surface area (TPSA) is 264 Å². The number of fused-ring (bicyclic) bond motifs is 2. The van der Waals surface area contributed by atoms with E-state index < -0.39 is 83.6 Å². The van der Waals surface area contributed by atoms with Crippen LogP contribution < -0.4 is 26.4 Å². The van der Waals surface area contributed by atoms with E-state index in [4.69, 9.17) is 14.2 Å². The second kappa shape index (κ2) is 26.6. The second-order valence-corrected chi connectivity index (χ2v) is 25.8. The number of ether oxygens (including phenoxy) is 1. The van der Waals surface area contributed by atoms with E-state index in [2.05, 4.69) is 30.9 Å². The highest BCUT2D eigenvalue weighted by Crippen LogP contribution is 2.45. The van der Waals surface area contributed by atoms with Crippen molar-refractivity contribution in [3.05, 3.63) is 117 Å². The quantitative estimate of drug-likeness (QED) is 0.0204. The van der Waals surface area contributed by atoms with Crippen LogP contribution in [0.4, 0.5) is 20.3 Å². The van der Waals surface area contributed by atoms with Gasteiger partial charge in [0.1, 0.15) is 23.4 Å². The maximum absolute atomic E-state index is 15.6. The molecule has 1 fully saturated rings. The number of carbonyl (C=O) groups excluding carboxylic acids is 4. The van der Waals surface area contributed by atoms with Crippen LogP contribution in [0.15, 0.2) is 71.4 Å². The minimum absolute atomic E-state index is 0.00555. The first kappa shape index (κ1) is 61.3. The van der Waals surface area contributed by atoms with Crippen LogP contribution in [0.3, 0.4) is 0 Å². The van der Waals surface area contributed by atoms with Crippen LogP contribution in [0.5, 0.6) is 0 Å². The van der Waals surface area contributed by atoms with Crippen LogP contribution in [-0.2, 0) is 63.9 Å². The Bertz CT molecular complexity index is 3530. The van der Waals surface area contributed by atoms with Crippen LogP contribution in [-0.4, -0.2) is 106 Å². The average Bonchev–Trinajstić information content (AvgIpc) is 4.01. The number of carbonyl (C=O) groups is 4. The number of hydrogen-bond donors (Lipinski definition) is 5. The van der Waals surface area contributed by atoms with Crippen molar-refractivity contribution in [2.24, 2.45) is 12.5 Å². The molecule has 438 valence electrons. The van der Waals surface area contributed by atoms with Gasteiger partial charge in [-0.3, -0.25) is 24.0 Å². The second-order valence-electron chi connectivity index (χ2n) is 22.1. The zero-order valence-electron chi connectivity index (χ0n) is 46.7. The van der Waals surface area contributed by atoms with Crippen molar-refractivity contribution in [3.63, 3.8) is 0 Å². The number of sulfone groups is 1. The molecule has 25 heteroatoms. The number of rotatable bonds is 25. The number of halogens is 2. The van der Waals surface area contributed by atoms with Gasteiger partial charge in [0.2, 0.25) is 24.5 Å². The van der Waals surface area contributed by atoms with E-state index in [-0.39, 0.29) is 66.4 Å². The molecule has 2 aliphatic rings. The number of aromatic amines is 1. The highest BCUT2D eigenvalue weighted by molar-refractivity contribution is 7.89. The molecule has 1 unspecified atom stereocenters. The van der Waals surface area contributed by atoms with Crippen molar-refractivity contribution >= 4 is 75.5 Å². The zero-order chi connectivity index (χ0) is 59.0. The predicted octanol–water partition coefficient (Wildman–Crippen LogP) is 8.53. The van der Waals surface area contributed by atoms with E-state index in [1.54, 1.807) is 42.4 Å². The first-order valence-corrected chi connectivity index (χ1v) is 31.2. The van der Waals surface area contributed by atoms with Crippen molar-refractivity contribution in [2.45, 2.75) is 129 Å². The van der Waals surface area contributed by atoms with Gasteiger partial charge in [-0.15, -0.1) is 16.2 Å². The largest absolute Gasteiger partial charge is 0.697 e. The van der Waals surface area contributed by atoms with Crippen LogP contribution in [0, 0.1) is 24.0 Å². The number of amides is 4. The number of unbranched alkanes of at least 4 members (excludes halogenated alkanes) is 7. The van der Waals surface area contributed by atoms with Crippen LogP contribution in [0.25, 0.3) is 32.5 Å². The molecule has 0 bridgehead atoms. The SMILES string of the molecule is Cc1ncsc1-c1ccc(CNC(=O)[C@@H]2C[C@@H](OCO[P+](=O)O)CN2C(=O)[C@@H](NC(=O)CCCCCCCCCCNC(=O)c2cc3c(cc2CS(C)(=O)=O)-c2cn(C)c(=O)c4[nH]cc(c24)CN3c2ncc(F)cc2F)C(C)(C)C)cc1. The summed E-state index contributed by atoms with van der Waals surface area (Å²) in [5.74, 6) is -4.25. The molecule has 20 nitrogen and oxygen atoms in total. The lowest BCUT2D eigenvalue weighted by Crippen LogP contribution is -2.57. The maximum Gasteiger partial charge on any atom is 0.697 e. The van der Waals surface area contributed by atoms with Crippen molar-refractivity contribution in [2.75, 3.05) is 31.0 Å². The first-order chi connectivity index (χ1) is 39.0. The molecule has 0 radical (unpaired) electrons. The van der Waals surface area contributed by atoms with Crippen molar-refractivity contribution in [1.82, 2.24) is 40.4 Å².